The maximum Gasteiger partial charge on any atom is 0.241 e. The minimum absolute atomic E-state index is 0.117. The predicted molar refractivity (Wildman–Crippen MR) is 69.9 cm³/mol. The first-order chi connectivity index (χ1) is 8.40. The maximum atomic E-state index is 12.1. The van der Waals surface area contributed by atoms with E-state index in [1.807, 2.05) is 6.92 Å². The molecule has 1 aliphatic carbocycles. The highest BCUT2D eigenvalue weighted by Gasteiger charge is 2.36. The predicted octanol–water partition coefficient (Wildman–Crippen LogP) is 0.988. The standard InChI is InChI=1S/C12H17N3O2S/c1-8-2-6-10(7-3-8)18(16,17)15-11(12(13)14)9-4-5-9/h2-3,6-7,9,11,15H,4-5H2,1H3,(H3,13,14). The Kier molecular flexibility index (Phi) is 3.41. The van der Waals surface area contributed by atoms with Crippen molar-refractivity contribution in [3.8, 4) is 0 Å². The van der Waals surface area contributed by atoms with E-state index in [0.29, 0.717) is 0 Å². The van der Waals surface area contributed by atoms with Gasteiger partial charge in [-0.1, -0.05) is 17.7 Å². The Bertz CT molecular complexity index is 547. The molecule has 0 aliphatic heterocycles. The molecule has 98 valence electrons. The Balaban J connectivity index is 2.20. The highest BCUT2D eigenvalue weighted by molar-refractivity contribution is 7.89. The van der Waals surface area contributed by atoms with Crippen LogP contribution >= 0.6 is 0 Å². The lowest BCUT2D eigenvalue weighted by Crippen LogP contribution is -2.45. The van der Waals surface area contributed by atoms with Gasteiger partial charge in [0.25, 0.3) is 0 Å². The number of benzene rings is 1. The lowest BCUT2D eigenvalue weighted by Gasteiger charge is -2.16. The van der Waals surface area contributed by atoms with Crippen LogP contribution in [0.25, 0.3) is 0 Å². The maximum absolute atomic E-state index is 12.1. The molecule has 18 heavy (non-hydrogen) atoms. The van der Waals surface area contributed by atoms with E-state index in [1.165, 1.54) is 0 Å². The molecule has 0 spiro atoms. The van der Waals surface area contributed by atoms with Crippen molar-refractivity contribution in [3.05, 3.63) is 29.8 Å². The van der Waals surface area contributed by atoms with Crippen LogP contribution < -0.4 is 10.5 Å². The van der Waals surface area contributed by atoms with E-state index in [4.69, 9.17) is 11.1 Å². The highest BCUT2D eigenvalue weighted by Crippen LogP contribution is 2.33. The minimum Gasteiger partial charge on any atom is -0.386 e. The van der Waals surface area contributed by atoms with Gasteiger partial charge in [0.05, 0.1) is 10.9 Å². The van der Waals surface area contributed by atoms with E-state index in [-0.39, 0.29) is 16.6 Å². The van der Waals surface area contributed by atoms with Crippen molar-refractivity contribution in [1.29, 1.82) is 5.41 Å². The first kappa shape index (κ1) is 13.0. The van der Waals surface area contributed by atoms with Gasteiger partial charge >= 0.3 is 0 Å². The van der Waals surface area contributed by atoms with Gasteiger partial charge in [0.2, 0.25) is 10.0 Å². The van der Waals surface area contributed by atoms with E-state index in [1.54, 1.807) is 24.3 Å². The zero-order valence-electron chi connectivity index (χ0n) is 10.2. The van der Waals surface area contributed by atoms with Crippen LogP contribution in [0.4, 0.5) is 0 Å². The average Bonchev–Trinajstić information content (AvgIpc) is 3.10. The Morgan fingerprint density at radius 3 is 2.39 bits per heavy atom. The number of rotatable bonds is 5. The highest BCUT2D eigenvalue weighted by atomic mass is 32.2. The zero-order chi connectivity index (χ0) is 13.3. The molecule has 1 atom stereocenters. The van der Waals surface area contributed by atoms with E-state index in [0.717, 1.165) is 18.4 Å². The van der Waals surface area contributed by atoms with E-state index >= 15 is 0 Å². The van der Waals surface area contributed by atoms with Crippen molar-refractivity contribution in [2.24, 2.45) is 11.7 Å². The topological polar surface area (TPSA) is 96.0 Å². The van der Waals surface area contributed by atoms with Crippen molar-refractivity contribution in [1.82, 2.24) is 4.72 Å². The van der Waals surface area contributed by atoms with Gasteiger partial charge in [0, 0.05) is 0 Å². The first-order valence-electron chi connectivity index (χ1n) is 5.83. The molecular weight excluding hydrogens is 250 g/mol. The molecular formula is C12H17N3O2S. The largest absolute Gasteiger partial charge is 0.386 e. The van der Waals surface area contributed by atoms with Crippen LogP contribution in [-0.4, -0.2) is 20.3 Å². The number of hydrogen-bond donors (Lipinski definition) is 3. The third kappa shape index (κ3) is 2.88. The lowest BCUT2D eigenvalue weighted by molar-refractivity contribution is 0.563. The molecule has 0 aromatic heterocycles. The van der Waals surface area contributed by atoms with Crippen molar-refractivity contribution in [2.45, 2.75) is 30.7 Å². The monoisotopic (exact) mass is 267 g/mol. The molecule has 0 bridgehead atoms. The summed E-state index contributed by atoms with van der Waals surface area (Å²) in [6, 6.07) is 6.03. The van der Waals surface area contributed by atoms with Gasteiger partial charge in [-0.3, -0.25) is 5.41 Å². The van der Waals surface area contributed by atoms with Crippen LogP contribution in [0.2, 0.25) is 0 Å². The molecule has 6 heteroatoms. The fourth-order valence-corrected chi connectivity index (χ4v) is 3.08. The number of hydrogen-bond acceptors (Lipinski definition) is 3. The number of amidine groups is 1. The molecule has 1 aliphatic rings. The number of sulfonamides is 1. The smallest absolute Gasteiger partial charge is 0.241 e. The van der Waals surface area contributed by atoms with Crippen molar-refractivity contribution >= 4 is 15.9 Å². The van der Waals surface area contributed by atoms with Gasteiger partial charge in [-0.2, -0.15) is 0 Å². The van der Waals surface area contributed by atoms with Gasteiger partial charge in [-0.25, -0.2) is 13.1 Å². The molecule has 2 rings (SSSR count). The fraction of sp³-hybridized carbons (Fsp3) is 0.417. The van der Waals surface area contributed by atoms with Crippen LogP contribution in [0, 0.1) is 18.3 Å². The van der Waals surface area contributed by atoms with E-state index in [2.05, 4.69) is 4.72 Å². The Morgan fingerprint density at radius 1 is 1.39 bits per heavy atom. The van der Waals surface area contributed by atoms with Crippen LogP contribution in [0.15, 0.2) is 29.2 Å². The van der Waals surface area contributed by atoms with Crippen molar-refractivity contribution in [2.75, 3.05) is 0 Å². The second-order valence-corrected chi connectivity index (χ2v) is 6.42. The molecule has 0 radical (unpaired) electrons. The molecule has 1 unspecified atom stereocenters. The van der Waals surface area contributed by atoms with E-state index in [9.17, 15) is 8.42 Å². The Hall–Kier alpha value is -1.40. The van der Waals surface area contributed by atoms with Gasteiger partial charge < -0.3 is 5.73 Å². The van der Waals surface area contributed by atoms with Gasteiger partial charge in [-0.15, -0.1) is 0 Å². The van der Waals surface area contributed by atoms with Crippen molar-refractivity contribution in [3.63, 3.8) is 0 Å². The van der Waals surface area contributed by atoms with Crippen LogP contribution in [0.5, 0.6) is 0 Å². The van der Waals surface area contributed by atoms with Crippen LogP contribution in [-0.2, 0) is 10.0 Å². The van der Waals surface area contributed by atoms with Crippen LogP contribution in [0.3, 0.4) is 0 Å². The summed E-state index contributed by atoms with van der Waals surface area (Å²) < 4.78 is 26.8. The molecule has 0 saturated heterocycles. The second kappa shape index (κ2) is 4.70. The van der Waals surface area contributed by atoms with E-state index < -0.39 is 16.1 Å². The summed E-state index contributed by atoms with van der Waals surface area (Å²) in [7, 11) is -3.60. The number of nitrogens with two attached hydrogens (primary N) is 1. The quantitative estimate of drug-likeness (QED) is 0.548. The lowest BCUT2D eigenvalue weighted by atomic mass is 10.2. The first-order valence-corrected chi connectivity index (χ1v) is 7.31. The van der Waals surface area contributed by atoms with Crippen molar-refractivity contribution < 1.29 is 8.42 Å². The van der Waals surface area contributed by atoms with Gasteiger partial charge in [0.1, 0.15) is 5.84 Å². The fourth-order valence-electron chi connectivity index (χ4n) is 1.80. The van der Waals surface area contributed by atoms with Gasteiger partial charge in [0.15, 0.2) is 0 Å². The van der Waals surface area contributed by atoms with Crippen LogP contribution in [0.1, 0.15) is 18.4 Å². The molecule has 1 aromatic carbocycles. The zero-order valence-corrected chi connectivity index (χ0v) is 11.0. The number of nitrogens with one attached hydrogen (secondary N) is 2. The molecule has 0 amide bonds. The summed E-state index contributed by atoms with van der Waals surface area (Å²) in [4.78, 5) is 0.208. The summed E-state index contributed by atoms with van der Waals surface area (Å²) in [5.41, 5.74) is 6.44. The SMILES string of the molecule is Cc1ccc(S(=O)(=O)NC(C(=N)N)C2CC2)cc1. The molecule has 1 fully saturated rings. The summed E-state index contributed by atoms with van der Waals surface area (Å²) in [5, 5.41) is 7.45. The second-order valence-electron chi connectivity index (χ2n) is 4.70. The summed E-state index contributed by atoms with van der Waals surface area (Å²) >= 11 is 0. The minimum atomic E-state index is -3.60. The summed E-state index contributed by atoms with van der Waals surface area (Å²) in [5.74, 6) is 0.0518. The Labute approximate surface area is 107 Å². The molecule has 5 nitrogen and oxygen atoms in total. The third-order valence-electron chi connectivity index (χ3n) is 3.04. The summed E-state index contributed by atoms with van der Waals surface area (Å²) in [6.45, 7) is 1.90. The number of aryl methyl sites for hydroxylation is 1. The third-order valence-corrected chi connectivity index (χ3v) is 4.50. The molecule has 1 saturated carbocycles. The average molecular weight is 267 g/mol. The Morgan fingerprint density at radius 2 is 1.94 bits per heavy atom. The summed E-state index contributed by atoms with van der Waals surface area (Å²) in [6.07, 6.45) is 1.83. The molecule has 1 aromatic rings. The molecule has 0 heterocycles. The molecule has 4 N–H and O–H groups in total. The normalized spacial score (nSPS) is 17.4. The van der Waals surface area contributed by atoms with Gasteiger partial charge in [-0.05, 0) is 37.8 Å².